The Kier molecular flexibility index (Phi) is 4.10. The minimum absolute atomic E-state index is 0.261. The maximum Gasteiger partial charge on any atom is 0.150 e. The molecule has 100 valence electrons. The number of sulfone groups is 1. The van der Waals surface area contributed by atoms with E-state index < -0.39 is 9.84 Å². The Bertz CT molecular complexity index is 349. The van der Waals surface area contributed by atoms with Gasteiger partial charge in [-0.25, -0.2) is 8.42 Å². The van der Waals surface area contributed by atoms with Gasteiger partial charge in [0.05, 0.1) is 18.1 Å². The van der Waals surface area contributed by atoms with Crippen molar-refractivity contribution in [2.75, 3.05) is 38.3 Å². The smallest absolute Gasteiger partial charge is 0.150 e. The molecule has 4 nitrogen and oxygen atoms in total. The van der Waals surface area contributed by atoms with Gasteiger partial charge in [-0.15, -0.1) is 0 Å². The molecule has 0 aromatic rings. The minimum atomic E-state index is -2.74. The summed E-state index contributed by atoms with van der Waals surface area (Å²) < 4.78 is 28.1. The first-order chi connectivity index (χ1) is 8.08. The van der Waals surface area contributed by atoms with Crippen LogP contribution >= 0.6 is 0 Å². The van der Waals surface area contributed by atoms with E-state index in [9.17, 15) is 8.42 Å². The van der Waals surface area contributed by atoms with E-state index in [0.717, 1.165) is 26.1 Å². The third-order valence-corrected chi connectivity index (χ3v) is 6.18. The van der Waals surface area contributed by atoms with Crippen LogP contribution in [0, 0.1) is 11.3 Å². The molecule has 0 bridgehead atoms. The van der Waals surface area contributed by atoms with Gasteiger partial charge in [0.15, 0.2) is 9.84 Å². The van der Waals surface area contributed by atoms with Gasteiger partial charge in [-0.05, 0) is 30.6 Å². The molecule has 2 fully saturated rings. The predicted molar refractivity (Wildman–Crippen MR) is 67.8 cm³/mol. The zero-order valence-corrected chi connectivity index (χ0v) is 11.4. The second-order valence-electron chi connectivity index (χ2n) is 5.49. The maximum absolute atomic E-state index is 11.6. The molecule has 17 heavy (non-hydrogen) atoms. The van der Waals surface area contributed by atoms with Gasteiger partial charge in [-0.2, -0.15) is 0 Å². The number of hydrogen-bond donors (Lipinski definition) is 1. The van der Waals surface area contributed by atoms with Crippen molar-refractivity contribution in [1.82, 2.24) is 5.32 Å². The van der Waals surface area contributed by atoms with E-state index in [1.165, 1.54) is 19.3 Å². The normalized spacial score (nSPS) is 30.1. The summed E-state index contributed by atoms with van der Waals surface area (Å²) in [5.74, 6) is 1.20. The van der Waals surface area contributed by atoms with E-state index in [0.29, 0.717) is 17.4 Å². The minimum Gasteiger partial charge on any atom is -0.383 e. The van der Waals surface area contributed by atoms with Gasteiger partial charge in [0, 0.05) is 20.2 Å². The van der Waals surface area contributed by atoms with Crippen molar-refractivity contribution in [3.05, 3.63) is 0 Å². The summed E-state index contributed by atoms with van der Waals surface area (Å²) >= 11 is 0. The lowest BCUT2D eigenvalue weighted by Gasteiger charge is -2.46. The van der Waals surface area contributed by atoms with Gasteiger partial charge in [0.1, 0.15) is 0 Å². The second-order valence-corrected chi connectivity index (χ2v) is 7.71. The van der Waals surface area contributed by atoms with Crippen molar-refractivity contribution in [1.29, 1.82) is 0 Å². The molecule has 2 rings (SSSR count). The SMILES string of the molecule is COCCNCC1(C2CCS(=O)(=O)C2)CCC1. The number of methoxy groups -OCH3 is 1. The van der Waals surface area contributed by atoms with Crippen LogP contribution in [0.25, 0.3) is 0 Å². The van der Waals surface area contributed by atoms with Crippen LogP contribution in [-0.4, -0.2) is 46.7 Å². The van der Waals surface area contributed by atoms with Crippen molar-refractivity contribution < 1.29 is 13.2 Å². The van der Waals surface area contributed by atoms with Crippen LogP contribution in [0.4, 0.5) is 0 Å². The molecule has 1 aliphatic heterocycles. The lowest BCUT2D eigenvalue weighted by molar-refractivity contribution is 0.0593. The van der Waals surface area contributed by atoms with E-state index in [1.54, 1.807) is 7.11 Å². The molecule has 1 N–H and O–H groups in total. The van der Waals surface area contributed by atoms with Crippen LogP contribution < -0.4 is 5.32 Å². The molecule has 1 atom stereocenters. The highest BCUT2D eigenvalue weighted by Crippen LogP contribution is 2.50. The van der Waals surface area contributed by atoms with Crippen LogP contribution in [-0.2, 0) is 14.6 Å². The number of ether oxygens (including phenoxy) is 1. The Morgan fingerprint density at radius 3 is 2.65 bits per heavy atom. The average Bonchev–Trinajstić information content (AvgIpc) is 2.57. The van der Waals surface area contributed by atoms with Crippen molar-refractivity contribution in [3.63, 3.8) is 0 Å². The Morgan fingerprint density at radius 2 is 2.18 bits per heavy atom. The van der Waals surface area contributed by atoms with Gasteiger partial charge in [0.2, 0.25) is 0 Å². The molecule has 2 aliphatic rings. The summed E-state index contributed by atoms with van der Waals surface area (Å²) in [4.78, 5) is 0. The molecule has 0 aromatic carbocycles. The first kappa shape index (κ1) is 13.3. The van der Waals surface area contributed by atoms with E-state index in [-0.39, 0.29) is 5.41 Å². The highest BCUT2D eigenvalue weighted by molar-refractivity contribution is 7.91. The highest BCUT2D eigenvalue weighted by Gasteiger charge is 2.47. The molecular formula is C12H23NO3S. The second kappa shape index (κ2) is 5.24. The summed E-state index contributed by atoms with van der Waals surface area (Å²) in [5, 5.41) is 3.41. The van der Waals surface area contributed by atoms with Crippen LogP contribution in [0.15, 0.2) is 0 Å². The molecule has 1 saturated heterocycles. The van der Waals surface area contributed by atoms with Crippen molar-refractivity contribution in [3.8, 4) is 0 Å². The van der Waals surface area contributed by atoms with Gasteiger partial charge in [-0.3, -0.25) is 0 Å². The Balaban J connectivity index is 1.87. The fourth-order valence-corrected chi connectivity index (χ4v) is 5.09. The molecule has 1 saturated carbocycles. The third-order valence-electron chi connectivity index (χ3n) is 4.41. The lowest BCUT2D eigenvalue weighted by Crippen LogP contribution is -2.46. The lowest BCUT2D eigenvalue weighted by atomic mass is 9.61. The van der Waals surface area contributed by atoms with Crippen molar-refractivity contribution >= 4 is 9.84 Å². The fraction of sp³-hybridized carbons (Fsp3) is 1.00. The Labute approximate surface area is 104 Å². The Morgan fingerprint density at radius 1 is 1.41 bits per heavy atom. The topological polar surface area (TPSA) is 55.4 Å². The maximum atomic E-state index is 11.6. The number of rotatable bonds is 6. The number of hydrogen-bond acceptors (Lipinski definition) is 4. The zero-order valence-electron chi connectivity index (χ0n) is 10.6. The molecule has 1 aliphatic carbocycles. The van der Waals surface area contributed by atoms with E-state index in [2.05, 4.69) is 5.32 Å². The summed E-state index contributed by atoms with van der Waals surface area (Å²) in [6, 6.07) is 0. The summed E-state index contributed by atoms with van der Waals surface area (Å²) in [5.41, 5.74) is 0.261. The molecule has 0 amide bonds. The molecule has 0 aromatic heterocycles. The Hall–Kier alpha value is -0.130. The largest absolute Gasteiger partial charge is 0.383 e. The van der Waals surface area contributed by atoms with E-state index in [1.807, 2.05) is 0 Å². The molecule has 0 radical (unpaired) electrons. The van der Waals surface area contributed by atoms with Crippen molar-refractivity contribution in [2.24, 2.45) is 11.3 Å². The van der Waals surface area contributed by atoms with Crippen molar-refractivity contribution in [2.45, 2.75) is 25.7 Å². The van der Waals surface area contributed by atoms with E-state index >= 15 is 0 Å². The van der Waals surface area contributed by atoms with Crippen LogP contribution in [0.2, 0.25) is 0 Å². The quantitative estimate of drug-likeness (QED) is 0.720. The predicted octanol–water partition coefficient (Wildman–Crippen LogP) is 0.827. The third kappa shape index (κ3) is 3.01. The number of nitrogens with one attached hydrogen (secondary N) is 1. The van der Waals surface area contributed by atoms with Gasteiger partial charge >= 0.3 is 0 Å². The molecule has 1 unspecified atom stereocenters. The molecule has 0 spiro atoms. The molecular weight excluding hydrogens is 238 g/mol. The van der Waals surface area contributed by atoms with Crippen LogP contribution in [0.1, 0.15) is 25.7 Å². The zero-order chi connectivity index (χ0) is 12.4. The highest BCUT2D eigenvalue weighted by atomic mass is 32.2. The van der Waals surface area contributed by atoms with Gasteiger partial charge < -0.3 is 10.1 Å². The summed E-state index contributed by atoms with van der Waals surface area (Å²) in [7, 11) is -1.04. The average molecular weight is 261 g/mol. The van der Waals surface area contributed by atoms with Gasteiger partial charge in [0.25, 0.3) is 0 Å². The standard InChI is InChI=1S/C12H23NO3S/c1-16-7-6-13-10-12(4-2-5-12)11-3-8-17(14,15)9-11/h11,13H,2-10H2,1H3. The first-order valence-electron chi connectivity index (χ1n) is 6.48. The first-order valence-corrected chi connectivity index (χ1v) is 8.30. The summed E-state index contributed by atoms with van der Waals surface area (Å²) in [6.07, 6.45) is 4.50. The monoisotopic (exact) mass is 261 g/mol. The van der Waals surface area contributed by atoms with Crippen LogP contribution in [0.5, 0.6) is 0 Å². The van der Waals surface area contributed by atoms with Crippen LogP contribution in [0.3, 0.4) is 0 Å². The van der Waals surface area contributed by atoms with E-state index in [4.69, 9.17) is 4.74 Å². The summed E-state index contributed by atoms with van der Waals surface area (Å²) in [6.45, 7) is 2.54. The molecule has 1 heterocycles. The molecule has 5 heteroatoms. The fourth-order valence-electron chi connectivity index (χ4n) is 3.15. The van der Waals surface area contributed by atoms with Gasteiger partial charge in [-0.1, -0.05) is 6.42 Å².